The summed E-state index contributed by atoms with van der Waals surface area (Å²) in [4.78, 5) is 29.1. The van der Waals surface area contributed by atoms with Crippen LogP contribution in [0.25, 0.3) is 0 Å². The standard InChI is InChI=1S/C21H31N3O3/c1-14(18-13-16-5-6-17(18)12-16)22-20(25)15(2)23-7-9-24(10-8-23)21(26)19-4-3-11-27-19/h3-4,11,14-18H,5-10,12-13H2,1-2H3,(H,22,25). The molecule has 5 unspecified atom stereocenters. The van der Waals surface area contributed by atoms with Gasteiger partial charge in [-0.05, 0) is 63.0 Å². The molecule has 0 aromatic carbocycles. The normalized spacial score (nSPS) is 30.3. The summed E-state index contributed by atoms with van der Waals surface area (Å²) in [5.74, 6) is 2.81. The molecule has 0 spiro atoms. The van der Waals surface area contributed by atoms with Crippen LogP contribution in [0.4, 0.5) is 0 Å². The van der Waals surface area contributed by atoms with Crippen molar-refractivity contribution in [2.24, 2.45) is 17.8 Å². The van der Waals surface area contributed by atoms with Crippen molar-refractivity contribution >= 4 is 11.8 Å². The summed E-state index contributed by atoms with van der Waals surface area (Å²) in [6.07, 6.45) is 6.91. The minimum absolute atomic E-state index is 0.0679. The maximum absolute atomic E-state index is 12.8. The summed E-state index contributed by atoms with van der Waals surface area (Å²) in [5.41, 5.74) is 0. The number of nitrogens with zero attached hydrogens (tertiary/aromatic N) is 2. The van der Waals surface area contributed by atoms with Crippen molar-refractivity contribution in [1.82, 2.24) is 15.1 Å². The largest absolute Gasteiger partial charge is 0.459 e. The molecule has 6 heteroatoms. The number of piperazine rings is 1. The SMILES string of the molecule is CC(NC(=O)C(C)N1CCN(C(=O)c2ccco2)CC1)C1CC2CCC1C2. The molecule has 2 saturated carbocycles. The van der Waals surface area contributed by atoms with E-state index in [1.165, 1.54) is 31.9 Å². The lowest BCUT2D eigenvalue weighted by Crippen LogP contribution is -2.56. The molecular formula is C21H31N3O3. The average Bonchev–Trinajstić information content (AvgIpc) is 3.44. The number of amides is 2. The molecule has 1 N–H and O–H groups in total. The number of carbonyl (C=O) groups excluding carboxylic acids is 2. The first-order valence-electron chi connectivity index (χ1n) is 10.4. The summed E-state index contributed by atoms with van der Waals surface area (Å²) >= 11 is 0. The third kappa shape index (κ3) is 3.77. The van der Waals surface area contributed by atoms with Gasteiger partial charge in [-0.3, -0.25) is 14.5 Å². The fourth-order valence-corrected chi connectivity index (χ4v) is 5.39. The molecule has 0 radical (unpaired) electrons. The first-order valence-corrected chi connectivity index (χ1v) is 10.4. The highest BCUT2D eigenvalue weighted by Crippen LogP contribution is 2.49. The molecule has 3 aliphatic rings. The van der Waals surface area contributed by atoms with Crippen molar-refractivity contribution in [2.45, 2.75) is 51.6 Å². The predicted octanol–water partition coefficient (Wildman–Crippen LogP) is 2.37. The highest BCUT2D eigenvalue weighted by molar-refractivity contribution is 5.91. The number of rotatable bonds is 5. The van der Waals surface area contributed by atoms with Crippen LogP contribution in [0, 0.1) is 17.8 Å². The highest BCUT2D eigenvalue weighted by atomic mass is 16.3. The fraction of sp³-hybridized carbons (Fsp3) is 0.714. The van der Waals surface area contributed by atoms with Crippen molar-refractivity contribution in [3.05, 3.63) is 24.2 Å². The number of hydrogen-bond acceptors (Lipinski definition) is 4. The van der Waals surface area contributed by atoms with Crippen molar-refractivity contribution < 1.29 is 14.0 Å². The Bertz CT molecular complexity index is 666. The molecule has 148 valence electrons. The van der Waals surface area contributed by atoms with Crippen LogP contribution in [-0.2, 0) is 4.79 Å². The van der Waals surface area contributed by atoms with Crippen LogP contribution in [-0.4, -0.2) is 59.9 Å². The van der Waals surface area contributed by atoms with E-state index < -0.39 is 0 Å². The molecule has 2 bridgehead atoms. The minimum Gasteiger partial charge on any atom is -0.459 e. The molecule has 1 aliphatic heterocycles. The monoisotopic (exact) mass is 373 g/mol. The van der Waals surface area contributed by atoms with E-state index in [4.69, 9.17) is 4.42 Å². The van der Waals surface area contributed by atoms with E-state index in [-0.39, 0.29) is 23.9 Å². The second-order valence-electron chi connectivity index (χ2n) is 8.62. The Hall–Kier alpha value is -1.82. The molecule has 2 aliphatic carbocycles. The van der Waals surface area contributed by atoms with Gasteiger partial charge in [0.05, 0.1) is 12.3 Å². The lowest BCUT2D eigenvalue weighted by Gasteiger charge is -2.38. The number of carbonyl (C=O) groups is 2. The third-order valence-electron chi connectivity index (χ3n) is 7.07. The van der Waals surface area contributed by atoms with Crippen molar-refractivity contribution in [1.29, 1.82) is 0 Å². The number of nitrogens with one attached hydrogen (secondary N) is 1. The summed E-state index contributed by atoms with van der Waals surface area (Å²) < 4.78 is 5.21. The van der Waals surface area contributed by atoms with Gasteiger partial charge in [0.15, 0.2) is 5.76 Å². The molecule has 1 aromatic heterocycles. The summed E-state index contributed by atoms with van der Waals surface area (Å²) in [6, 6.07) is 3.53. The molecule has 3 fully saturated rings. The van der Waals surface area contributed by atoms with Gasteiger partial charge in [0.1, 0.15) is 0 Å². The Morgan fingerprint density at radius 3 is 2.52 bits per heavy atom. The van der Waals surface area contributed by atoms with E-state index in [0.717, 1.165) is 11.8 Å². The molecule has 27 heavy (non-hydrogen) atoms. The van der Waals surface area contributed by atoms with E-state index >= 15 is 0 Å². The van der Waals surface area contributed by atoms with Crippen LogP contribution in [0.3, 0.4) is 0 Å². The Morgan fingerprint density at radius 1 is 1.15 bits per heavy atom. The van der Waals surface area contributed by atoms with Crippen molar-refractivity contribution in [3.8, 4) is 0 Å². The van der Waals surface area contributed by atoms with Crippen LogP contribution < -0.4 is 5.32 Å². The predicted molar refractivity (Wildman–Crippen MR) is 102 cm³/mol. The van der Waals surface area contributed by atoms with Gasteiger partial charge in [0.25, 0.3) is 5.91 Å². The Labute approximate surface area is 161 Å². The number of hydrogen-bond donors (Lipinski definition) is 1. The Kier molecular flexibility index (Phi) is 5.26. The zero-order chi connectivity index (χ0) is 19.0. The Morgan fingerprint density at radius 2 is 1.93 bits per heavy atom. The lowest BCUT2D eigenvalue weighted by molar-refractivity contribution is -0.127. The van der Waals surface area contributed by atoms with Gasteiger partial charge in [0, 0.05) is 32.2 Å². The molecule has 1 aromatic rings. The first kappa shape index (κ1) is 18.5. The molecule has 2 heterocycles. The van der Waals surface area contributed by atoms with Crippen molar-refractivity contribution in [3.63, 3.8) is 0 Å². The quantitative estimate of drug-likeness (QED) is 0.861. The Balaban J connectivity index is 1.25. The molecule has 6 nitrogen and oxygen atoms in total. The van der Waals surface area contributed by atoms with E-state index in [2.05, 4.69) is 17.1 Å². The van der Waals surface area contributed by atoms with Gasteiger partial charge in [-0.2, -0.15) is 0 Å². The van der Waals surface area contributed by atoms with Gasteiger partial charge in [-0.1, -0.05) is 6.42 Å². The van der Waals surface area contributed by atoms with Gasteiger partial charge in [-0.15, -0.1) is 0 Å². The topological polar surface area (TPSA) is 65.8 Å². The fourth-order valence-electron chi connectivity index (χ4n) is 5.39. The van der Waals surface area contributed by atoms with Gasteiger partial charge in [0.2, 0.25) is 5.91 Å². The van der Waals surface area contributed by atoms with Crippen LogP contribution >= 0.6 is 0 Å². The maximum Gasteiger partial charge on any atom is 0.289 e. The van der Waals surface area contributed by atoms with Crippen LogP contribution in [0.5, 0.6) is 0 Å². The number of fused-ring (bicyclic) bond motifs is 2. The van der Waals surface area contributed by atoms with Gasteiger partial charge < -0.3 is 14.6 Å². The maximum atomic E-state index is 12.8. The summed E-state index contributed by atoms with van der Waals surface area (Å²) in [6.45, 7) is 6.83. The summed E-state index contributed by atoms with van der Waals surface area (Å²) in [5, 5.41) is 3.28. The third-order valence-corrected chi connectivity index (χ3v) is 7.07. The van der Waals surface area contributed by atoms with Crippen molar-refractivity contribution in [2.75, 3.05) is 26.2 Å². The lowest BCUT2D eigenvalue weighted by atomic mass is 9.84. The van der Waals surface area contributed by atoms with Gasteiger partial charge in [-0.25, -0.2) is 0 Å². The zero-order valence-corrected chi connectivity index (χ0v) is 16.4. The zero-order valence-electron chi connectivity index (χ0n) is 16.4. The molecule has 4 rings (SSSR count). The van der Waals surface area contributed by atoms with Gasteiger partial charge >= 0.3 is 0 Å². The van der Waals surface area contributed by atoms with E-state index in [1.54, 1.807) is 17.0 Å². The van der Waals surface area contributed by atoms with E-state index in [9.17, 15) is 9.59 Å². The minimum atomic E-state index is -0.160. The molecule has 1 saturated heterocycles. The molecular weight excluding hydrogens is 342 g/mol. The smallest absolute Gasteiger partial charge is 0.289 e. The van der Waals surface area contributed by atoms with Crippen LogP contribution in [0.15, 0.2) is 22.8 Å². The second-order valence-corrected chi connectivity index (χ2v) is 8.62. The molecule has 5 atom stereocenters. The first-order chi connectivity index (χ1) is 13.0. The van der Waals surface area contributed by atoms with E-state index in [0.29, 0.717) is 37.9 Å². The molecule has 2 amide bonds. The van der Waals surface area contributed by atoms with E-state index in [1.807, 2.05) is 6.92 Å². The van der Waals surface area contributed by atoms with Crippen LogP contribution in [0.1, 0.15) is 50.1 Å². The second kappa shape index (κ2) is 7.66. The average molecular weight is 373 g/mol. The highest BCUT2D eigenvalue weighted by Gasteiger charge is 2.42. The van der Waals surface area contributed by atoms with Crippen LogP contribution in [0.2, 0.25) is 0 Å². The summed E-state index contributed by atoms with van der Waals surface area (Å²) in [7, 11) is 0. The number of furan rings is 1.